The molecule has 2 heterocycles. The van der Waals surface area contributed by atoms with Crippen molar-refractivity contribution in [1.82, 2.24) is 19.7 Å². The van der Waals surface area contributed by atoms with Crippen LogP contribution in [0, 0.1) is 0 Å². The molecule has 3 aromatic rings. The number of hydrogen-bond acceptors (Lipinski definition) is 4. The van der Waals surface area contributed by atoms with Crippen molar-refractivity contribution in [3.8, 4) is 0 Å². The minimum atomic E-state index is -0.664. The van der Waals surface area contributed by atoms with Gasteiger partial charge in [-0.2, -0.15) is 5.10 Å². The molecule has 0 radical (unpaired) electrons. The average Bonchev–Trinajstić information content (AvgIpc) is 2.85. The first-order valence-corrected chi connectivity index (χ1v) is 7.00. The fourth-order valence-corrected chi connectivity index (χ4v) is 2.67. The first-order chi connectivity index (χ1) is 9.66. The Morgan fingerprint density at radius 2 is 2.15 bits per heavy atom. The number of benzene rings is 1. The highest BCUT2D eigenvalue weighted by Crippen LogP contribution is 2.29. The monoisotopic (exact) mass is 332 g/mol. The van der Waals surface area contributed by atoms with Crippen LogP contribution in [-0.2, 0) is 13.5 Å². The third-order valence-electron chi connectivity index (χ3n) is 3.29. The Kier molecular flexibility index (Phi) is 3.50. The Morgan fingerprint density at radius 3 is 2.90 bits per heavy atom. The average molecular weight is 333 g/mol. The maximum absolute atomic E-state index is 10.5. The lowest BCUT2D eigenvalue weighted by molar-refractivity contribution is 0.176. The summed E-state index contributed by atoms with van der Waals surface area (Å²) in [6.45, 7) is 0. The second kappa shape index (κ2) is 5.30. The molecule has 3 rings (SSSR count). The number of pyridine rings is 1. The zero-order chi connectivity index (χ0) is 14.1. The van der Waals surface area contributed by atoms with Crippen molar-refractivity contribution in [3.63, 3.8) is 0 Å². The highest BCUT2D eigenvalue weighted by molar-refractivity contribution is 9.10. The molecule has 6 heteroatoms. The van der Waals surface area contributed by atoms with Gasteiger partial charge in [0.2, 0.25) is 0 Å². The van der Waals surface area contributed by atoms with Crippen molar-refractivity contribution < 1.29 is 5.11 Å². The van der Waals surface area contributed by atoms with Crippen LogP contribution in [0.4, 0.5) is 0 Å². The summed E-state index contributed by atoms with van der Waals surface area (Å²) in [5, 5.41) is 15.5. The van der Waals surface area contributed by atoms with Gasteiger partial charge in [-0.25, -0.2) is 4.98 Å². The van der Waals surface area contributed by atoms with E-state index in [0.29, 0.717) is 6.42 Å². The molecule has 1 unspecified atom stereocenters. The smallest absolute Gasteiger partial charge is 0.138 e. The number of aliphatic hydroxyl groups excluding tert-OH is 1. The van der Waals surface area contributed by atoms with E-state index < -0.39 is 6.10 Å². The number of fused-ring (bicyclic) bond motifs is 1. The maximum Gasteiger partial charge on any atom is 0.138 e. The number of aromatic nitrogens is 4. The third-order valence-corrected chi connectivity index (χ3v) is 3.98. The highest BCUT2D eigenvalue weighted by atomic mass is 79.9. The SMILES string of the molecule is Cn1ncnc1CC(O)c1ccc(Br)c2cccnc12. The van der Waals surface area contributed by atoms with Crippen molar-refractivity contribution in [2.75, 3.05) is 0 Å². The Hall–Kier alpha value is -1.79. The Balaban J connectivity index is 2.02. The summed E-state index contributed by atoms with van der Waals surface area (Å²) in [5.74, 6) is 0.740. The molecule has 5 nitrogen and oxygen atoms in total. The van der Waals surface area contributed by atoms with Gasteiger partial charge in [-0.1, -0.05) is 28.1 Å². The van der Waals surface area contributed by atoms with Gasteiger partial charge in [-0.3, -0.25) is 9.67 Å². The number of halogens is 1. The summed E-state index contributed by atoms with van der Waals surface area (Å²) in [4.78, 5) is 8.52. The molecule has 0 saturated carbocycles. The van der Waals surface area contributed by atoms with E-state index in [1.165, 1.54) is 6.33 Å². The lowest BCUT2D eigenvalue weighted by Crippen LogP contribution is -2.08. The van der Waals surface area contributed by atoms with Crippen LogP contribution in [0.2, 0.25) is 0 Å². The molecule has 0 aliphatic carbocycles. The standard InChI is InChI=1S/C14H13BrN4O/c1-19-13(17-8-18-19)7-12(20)10-4-5-11(15)9-3-2-6-16-14(9)10/h2-6,8,12,20H,7H2,1H3. The predicted molar refractivity (Wildman–Crippen MR) is 79.1 cm³/mol. The molecule has 0 aliphatic heterocycles. The molecule has 1 atom stereocenters. The predicted octanol–water partition coefficient (Wildman–Crippen LogP) is 2.40. The summed E-state index contributed by atoms with van der Waals surface area (Å²) >= 11 is 3.50. The van der Waals surface area contributed by atoms with Crippen LogP contribution in [0.3, 0.4) is 0 Å². The zero-order valence-corrected chi connectivity index (χ0v) is 12.4. The summed E-state index contributed by atoms with van der Waals surface area (Å²) in [7, 11) is 1.81. The molecule has 0 aliphatic rings. The lowest BCUT2D eigenvalue weighted by Gasteiger charge is -2.13. The topological polar surface area (TPSA) is 63.8 Å². The fraction of sp³-hybridized carbons (Fsp3) is 0.214. The van der Waals surface area contributed by atoms with Crippen LogP contribution in [0.5, 0.6) is 0 Å². The van der Waals surface area contributed by atoms with Crippen LogP contribution >= 0.6 is 15.9 Å². The van der Waals surface area contributed by atoms with Crippen LogP contribution in [0.25, 0.3) is 10.9 Å². The van der Waals surface area contributed by atoms with E-state index in [2.05, 4.69) is 31.0 Å². The van der Waals surface area contributed by atoms with Gasteiger partial charge in [-0.15, -0.1) is 0 Å². The quantitative estimate of drug-likeness (QED) is 0.799. The summed E-state index contributed by atoms with van der Waals surface area (Å²) < 4.78 is 2.63. The van der Waals surface area contributed by atoms with Gasteiger partial charge >= 0.3 is 0 Å². The summed E-state index contributed by atoms with van der Waals surface area (Å²) in [5.41, 5.74) is 1.60. The molecule has 0 saturated heterocycles. The van der Waals surface area contributed by atoms with E-state index in [0.717, 1.165) is 26.8 Å². The Labute approximate surface area is 124 Å². The molecule has 1 aromatic carbocycles. The van der Waals surface area contributed by atoms with Crippen molar-refractivity contribution in [2.24, 2.45) is 7.05 Å². The van der Waals surface area contributed by atoms with E-state index in [1.807, 2.05) is 31.3 Å². The van der Waals surface area contributed by atoms with Crippen LogP contribution in [0.15, 0.2) is 41.3 Å². The van der Waals surface area contributed by atoms with Crippen LogP contribution in [0.1, 0.15) is 17.5 Å². The molecular weight excluding hydrogens is 320 g/mol. The Bertz CT molecular complexity index is 756. The molecule has 20 heavy (non-hydrogen) atoms. The molecule has 0 spiro atoms. The first kappa shape index (κ1) is 13.2. The molecule has 1 N–H and O–H groups in total. The highest BCUT2D eigenvalue weighted by Gasteiger charge is 2.16. The van der Waals surface area contributed by atoms with Crippen molar-refractivity contribution >= 4 is 26.8 Å². The molecular formula is C14H13BrN4O. The summed E-state index contributed by atoms with van der Waals surface area (Å²) in [6.07, 6.45) is 2.96. The van der Waals surface area contributed by atoms with E-state index in [-0.39, 0.29) is 0 Å². The minimum Gasteiger partial charge on any atom is -0.388 e. The van der Waals surface area contributed by atoms with E-state index in [1.54, 1.807) is 10.9 Å². The zero-order valence-electron chi connectivity index (χ0n) is 10.9. The van der Waals surface area contributed by atoms with Gasteiger partial charge in [0, 0.05) is 35.1 Å². The number of aliphatic hydroxyl groups is 1. The minimum absolute atomic E-state index is 0.407. The molecule has 0 amide bonds. The van der Waals surface area contributed by atoms with Gasteiger partial charge in [0.25, 0.3) is 0 Å². The van der Waals surface area contributed by atoms with Crippen LogP contribution < -0.4 is 0 Å². The van der Waals surface area contributed by atoms with Crippen LogP contribution in [-0.4, -0.2) is 24.9 Å². The van der Waals surface area contributed by atoms with Gasteiger partial charge in [-0.05, 0) is 12.1 Å². The van der Waals surface area contributed by atoms with Gasteiger partial charge < -0.3 is 5.11 Å². The molecule has 0 bridgehead atoms. The van der Waals surface area contributed by atoms with Crippen molar-refractivity contribution in [3.05, 3.63) is 52.7 Å². The maximum atomic E-state index is 10.5. The van der Waals surface area contributed by atoms with E-state index >= 15 is 0 Å². The fourth-order valence-electron chi connectivity index (χ4n) is 2.22. The summed E-state index contributed by atoms with van der Waals surface area (Å²) in [6, 6.07) is 7.68. The van der Waals surface area contributed by atoms with Crippen molar-refractivity contribution in [1.29, 1.82) is 0 Å². The third kappa shape index (κ3) is 2.32. The number of hydrogen-bond donors (Lipinski definition) is 1. The Morgan fingerprint density at radius 1 is 1.30 bits per heavy atom. The second-order valence-electron chi connectivity index (χ2n) is 4.56. The molecule has 2 aromatic heterocycles. The largest absolute Gasteiger partial charge is 0.388 e. The van der Waals surface area contributed by atoms with Gasteiger partial charge in [0.1, 0.15) is 12.2 Å². The number of nitrogens with zero attached hydrogens (tertiary/aromatic N) is 4. The lowest BCUT2D eigenvalue weighted by atomic mass is 10.0. The molecule has 102 valence electrons. The molecule has 0 fully saturated rings. The van der Waals surface area contributed by atoms with E-state index in [4.69, 9.17) is 0 Å². The van der Waals surface area contributed by atoms with E-state index in [9.17, 15) is 5.11 Å². The normalized spacial score (nSPS) is 12.8. The number of rotatable bonds is 3. The first-order valence-electron chi connectivity index (χ1n) is 6.21. The second-order valence-corrected chi connectivity index (χ2v) is 5.41. The van der Waals surface area contributed by atoms with Gasteiger partial charge in [0.15, 0.2) is 0 Å². The van der Waals surface area contributed by atoms with Crippen molar-refractivity contribution in [2.45, 2.75) is 12.5 Å². The number of aryl methyl sites for hydroxylation is 1. The van der Waals surface area contributed by atoms with Gasteiger partial charge in [0.05, 0.1) is 11.6 Å².